The molecule has 2 rings (SSSR count). The predicted molar refractivity (Wildman–Crippen MR) is 160 cm³/mol. The van der Waals surface area contributed by atoms with Crippen LogP contribution in [0.3, 0.4) is 0 Å². The van der Waals surface area contributed by atoms with E-state index in [0.717, 1.165) is 5.57 Å². The summed E-state index contributed by atoms with van der Waals surface area (Å²) in [6, 6.07) is 0. The maximum Gasteiger partial charge on any atom is 0.405 e. The Morgan fingerprint density at radius 3 is 2.39 bits per heavy atom. The van der Waals surface area contributed by atoms with Crippen LogP contribution >= 0.6 is 0 Å². The number of carbonyl (C=O) groups is 4. The van der Waals surface area contributed by atoms with Gasteiger partial charge in [0, 0.05) is 34.1 Å². The second-order valence-corrected chi connectivity index (χ2v) is 11.6. The molecule has 1 aliphatic carbocycles. The highest BCUT2D eigenvalue weighted by atomic mass is 16.6. The van der Waals surface area contributed by atoms with E-state index in [1.165, 1.54) is 0 Å². The SMILES string of the molecule is C=CCCC1=C2C[C@@H](C)C[C@H](C)[C@H](O)[C@@H](C)/C=C(\C)[C@H](OC(N)=O)[C@@H](C)/C=C\C=C(/C)C(=O)NC(=C(C)C1=O)C2=O. The first-order valence-electron chi connectivity index (χ1n) is 14.3. The van der Waals surface area contributed by atoms with Gasteiger partial charge in [0.05, 0.1) is 11.8 Å². The Hall–Kier alpha value is -3.52. The fraction of sp³-hybridized carbons (Fsp3) is 0.515. The van der Waals surface area contributed by atoms with Crippen molar-refractivity contribution in [3.63, 3.8) is 0 Å². The first-order chi connectivity index (χ1) is 19.2. The van der Waals surface area contributed by atoms with Gasteiger partial charge in [-0.2, -0.15) is 0 Å². The Balaban J connectivity index is 2.61. The number of hydrogen-bond donors (Lipinski definition) is 3. The van der Waals surface area contributed by atoms with Crippen LogP contribution in [0.25, 0.3) is 0 Å². The fourth-order valence-electron chi connectivity index (χ4n) is 5.65. The standard InChI is InChI=1S/C33H46N2O6/c1-9-10-14-25-26-16-18(2)15-21(5)28(36)22(6)17-23(7)31(41-33(34)40)19(3)12-11-13-20(4)32(39)35-27(30(26)38)24(8)29(25)37/h9,11-13,17-19,21-22,28,31,36H,1,10,14-16H2,2-8H3,(H2,34,40)(H,35,39)/b12-11-,20-13+,23-17+/t18-,19-,21-,22-,28-,31+/m0/s1. The second kappa shape index (κ2) is 14.9. The number of ketones is 2. The molecule has 6 atom stereocenters. The molecule has 0 aromatic heterocycles. The van der Waals surface area contributed by atoms with Crippen LogP contribution in [0, 0.1) is 23.7 Å². The Labute approximate surface area is 244 Å². The Kier molecular flexibility index (Phi) is 12.3. The number of fused-ring (bicyclic) bond motifs is 2. The molecule has 0 fully saturated rings. The van der Waals surface area contributed by atoms with Crippen molar-refractivity contribution in [2.75, 3.05) is 0 Å². The largest absolute Gasteiger partial charge is 0.441 e. The molecule has 0 saturated carbocycles. The molecule has 8 heteroatoms. The molecule has 2 amide bonds. The summed E-state index contributed by atoms with van der Waals surface area (Å²) in [5.41, 5.74) is 7.53. The maximum absolute atomic E-state index is 13.7. The monoisotopic (exact) mass is 566 g/mol. The molecule has 41 heavy (non-hydrogen) atoms. The van der Waals surface area contributed by atoms with E-state index >= 15 is 0 Å². The fourth-order valence-corrected chi connectivity index (χ4v) is 5.65. The van der Waals surface area contributed by atoms with Gasteiger partial charge in [0.25, 0.3) is 5.91 Å². The van der Waals surface area contributed by atoms with Crippen LogP contribution in [0.4, 0.5) is 4.79 Å². The minimum Gasteiger partial charge on any atom is -0.441 e. The summed E-state index contributed by atoms with van der Waals surface area (Å²) in [5.74, 6) is -1.79. The van der Waals surface area contributed by atoms with Crippen LogP contribution in [0.15, 0.2) is 70.5 Å². The average molecular weight is 567 g/mol. The van der Waals surface area contributed by atoms with E-state index in [2.05, 4.69) is 11.9 Å². The Morgan fingerprint density at radius 2 is 1.78 bits per heavy atom. The number of allylic oxidation sites excluding steroid dienone is 6. The number of nitrogens with two attached hydrogens (primary N) is 1. The molecule has 1 aliphatic heterocycles. The van der Waals surface area contributed by atoms with Crippen LogP contribution in [-0.4, -0.2) is 40.9 Å². The number of primary amides is 1. The Bertz CT molecular complexity index is 1220. The summed E-state index contributed by atoms with van der Waals surface area (Å²) in [5, 5.41) is 13.9. The van der Waals surface area contributed by atoms with Crippen LogP contribution in [0.2, 0.25) is 0 Å². The number of carbonyl (C=O) groups excluding carboxylic acids is 4. The summed E-state index contributed by atoms with van der Waals surface area (Å²) < 4.78 is 5.42. The van der Waals surface area contributed by atoms with E-state index in [1.54, 1.807) is 38.2 Å². The molecule has 4 N–H and O–H groups in total. The summed E-state index contributed by atoms with van der Waals surface area (Å²) in [6.45, 7) is 16.5. The third-order valence-corrected chi connectivity index (χ3v) is 7.95. The van der Waals surface area contributed by atoms with Gasteiger partial charge in [0.15, 0.2) is 5.78 Å². The molecular formula is C33H46N2O6. The highest BCUT2D eigenvalue weighted by Crippen LogP contribution is 2.33. The number of aliphatic hydroxyl groups is 1. The van der Waals surface area contributed by atoms with E-state index in [1.807, 2.05) is 40.7 Å². The number of nitrogens with one attached hydrogen (secondary N) is 1. The highest BCUT2D eigenvalue weighted by molar-refractivity contribution is 6.26. The normalized spacial score (nSPS) is 32.4. The van der Waals surface area contributed by atoms with E-state index in [-0.39, 0.29) is 46.5 Å². The zero-order valence-electron chi connectivity index (χ0n) is 25.5. The van der Waals surface area contributed by atoms with Gasteiger partial charge in [-0.05, 0) is 63.9 Å². The van der Waals surface area contributed by atoms with Crippen molar-refractivity contribution in [3.8, 4) is 0 Å². The topological polar surface area (TPSA) is 136 Å². The molecule has 8 nitrogen and oxygen atoms in total. The maximum atomic E-state index is 13.7. The minimum atomic E-state index is -0.904. The minimum absolute atomic E-state index is 0.00372. The van der Waals surface area contributed by atoms with Crippen molar-refractivity contribution in [2.45, 2.75) is 86.4 Å². The molecule has 0 aromatic rings. The number of ether oxygens (including phenoxy) is 1. The van der Waals surface area contributed by atoms with Crippen molar-refractivity contribution >= 4 is 23.6 Å². The molecular weight excluding hydrogens is 520 g/mol. The molecule has 2 bridgehead atoms. The van der Waals surface area contributed by atoms with Crippen molar-refractivity contribution in [1.82, 2.24) is 5.32 Å². The first kappa shape index (κ1) is 33.7. The molecule has 0 saturated heterocycles. The van der Waals surface area contributed by atoms with Gasteiger partial charge >= 0.3 is 6.09 Å². The molecule has 2 aliphatic rings. The molecule has 0 radical (unpaired) electrons. The lowest BCUT2D eigenvalue weighted by Gasteiger charge is -2.29. The quantitative estimate of drug-likeness (QED) is 0.308. The molecule has 0 aromatic carbocycles. The van der Waals surface area contributed by atoms with Crippen LogP contribution in [-0.2, 0) is 19.1 Å². The van der Waals surface area contributed by atoms with Gasteiger partial charge < -0.3 is 20.9 Å². The summed E-state index contributed by atoms with van der Waals surface area (Å²) >= 11 is 0. The predicted octanol–water partition coefficient (Wildman–Crippen LogP) is 5.40. The van der Waals surface area contributed by atoms with Crippen molar-refractivity contribution in [3.05, 3.63) is 70.5 Å². The van der Waals surface area contributed by atoms with Crippen molar-refractivity contribution in [2.24, 2.45) is 29.4 Å². The van der Waals surface area contributed by atoms with E-state index < -0.39 is 24.2 Å². The summed E-state index contributed by atoms with van der Waals surface area (Å²) in [7, 11) is 0. The first-order valence-corrected chi connectivity index (χ1v) is 14.3. The number of rotatable bonds is 4. The zero-order valence-corrected chi connectivity index (χ0v) is 25.5. The third kappa shape index (κ3) is 8.73. The molecule has 1 heterocycles. The smallest absolute Gasteiger partial charge is 0.405 e. The molecule has 0 unspecified atom stereocenters. The number of Topliss-reactive ketones (excluding diaryl/α,β-unsaturated/α-hetero) is 2. The number of aliphatic hydroxyl groups excluding tert-OH is 1. The highest BCUT2D eigenvalue weighted by Gasteiger charge is 2.34. The zero-order chi connectivity index (χ0) is 31.0. The summed E-state index contributed by atoms with van der Waals surface area (Å²) in [6.07, 6.45) is 8.28. The lowest BCUT2D eigenvalue weighted by molar-refractivity contribution is -0.120. The van der Waals surface area contributed by atoms with Crippen LogP contribution in [0.5, 0.6) is 0 Å². The van der Waals surface area contributed by atoms with Crippen molar-refractivity contribution < 1.29 is 29.0 Å². The number of hydrogen-bond acceptors (Lipinski definition) is 6. The second-order valence-electron chi connectivity index (χ2n) is 11.6. The van der Waals surface area contributed by atoms with Gasteiger partial charge in [0.1, 0.15) is 6.10 Å². The molecule has 0 spiro atoms. The van der Waals surface area contributed by atoms with Gasteiger partial charge in [0.2, 0.25) is 5.78 Å². The van der Waals surface area contributed by atoms with E-state index in [9.17, 15) is 24.3 Å². The number of amides is 2. The van der Waals surface area contributed by atoms with Crippen molar-refractivity contribution in [1.29, 1.82) is 0 Å². The summed E-state index contributed by atoms with van der Waals surface area (Å²) in [4.78, 5) is 51.9. The Morgan fingerprint density at radius 1 is 1.12 bits per heavy atom. The van der Waals surface area contributed by atoms with Crippen LogP contribution in [0.1, 0.15) is 74.1 Å². The molecule has 224 valence electrons. The average Bonchev–Trinajstić information content (AvgIpc) is 2.90. The van der Waals surface area contributed by atoms with Gasteiger partial charge in [-0.25, -0.2) is 4.79 Å². The van der Waals surface area contributed by atoms with Crippen LogP contribution < -0.4 is 11.1 Å². The van der Waals surface area contributed by atoms with Gasteiger partial charge in [-0.1, -0.05) is 58.1 Å². The van der Waals surface area contributed by atoms with Gasteiger partial charge in [-0.3, -0.25) is 14.4 Å². The van der Waals surface area contributed by atoms with E-state index in [0.29, 0.717) is 42.4 Å². The third-order valence-electron chi connectivity index (χ3n) is 7.95. The lowest BCUT2D eigenvalue weighted by Crippen LogP contribution is -2.35. The lowest BCUT2D eigenvalue weighted by atomic mass is 9.78. The van der Waals surface area contributed by atoms with Gasteiger partial charge in [-0.15, -0.1) is 6.58 Å². The van der Waals surface area contributed by atoms with E-state index in [4.69, 9.17) is 10.5 Å².